The first-order chi connectivity index (χ1) is 38.1. The van der Waals surface area contributed by atoms with Gasteiger partial charge in [-0.15, -0.1) is 86.7 Å². The van der Waals surface area contributed by atoms with Gasteiger partial charge in [0.15, 0.2) is 17.5 Å². The van der Waals surface area contributed by atoms with Crippen LogP contribution in [0.3, 0.4) is 0 Å². The first-order valence-corrected chi connectivity index (χ1v) is 22.7. The van der Waals surface area contributed by atoms with Crippen molar-refractivity contribution in [3.63, 3.8) is 0 Å². The predicted molar refractivity (Wildman–Crippen MR) is 258 cm³/mol. The van der Waals surface area contributed by atoms with Crippen LogP contribution in [0, 0.1) is 10.8 Å². The Morgan fingerprint density at radius 3 is 1.58 bits per heavy atom. The van der Waals surface area contributed by atoms with E-state index in [0.29, 0.717) is 29.1 Å². The fraction of sp³-hybridized carbons (Fsp3) is 0.438. The van der Waals surface area contributed by atoms with Crippen LogP contribution in [0.1, 0.15) is 54.2 Å². The Kier molecular flexibility index (Phi) is 18.2. The Balaban J connectivity index is 0.000000149. The number of nitrogen functional groups attached to an aromatic ring is 2. The van der Waals surface area contributed by atoms with Crippen molar-refractivity contribution in [2.24, 2.45) is 20.6 Å². The Bertz CT molecular complexity index is 3200. The van der Waals surface area contributed by atoms with Crippen molar-refractivity contribution in [1.82, 2.24) is 167 Å². The molecule has 2 aliphatic heterocycles. The summed E-state index contributed by atoms with van der Waals surface area (Å²) >= 11 is 0. The number of likely N-dealkylation sites (N-methyl/N-ethyl adjacent to an activating group) is 1. The molecule has 0 atom stereocenters. The minimum Gasteiger partial charge on any atom is -0.368 e. The van der Waals surface area contributed by atoms with E-state index in [0.717, 1.165) is 26.2 Å². The molecule has 0 unspecified atom stereocenters. The quantitative estimate of drug-likeness (QED) is 0.0405. The molecule has 2 fully saturated rings. The average Bonchev–Trinajstić information content (AvgIpc) is 4.36. The van der Waals surface area contributed by atoms with Crippen LogP contribution in [0.2, 0.25) is 0 Å². The van der Waals surface area contributed by atoms with Crippen LogP contribution in [-0.4, -0.2) is 216 Å². The number of hydrogen-bond acceptors (Lipinski definition) is 37. The predicted octanol–water partition coefficient (Wildman–Crippen LogP) is -1.64. The molecule has 46 nitrogen and oxygen atoms in total. The van der Waals surface area contributed by atoms with Crippen LogP contribution in [0.25, 0.3) is 9.95 Å². The first kappa shape index (κ1) is 52.7. The molecule has 0 bridgehead atoms. The molecule has 46 heteroatoms. The topological polar surface area (TPSA) is 616 Å². The number of diazo groups is 2. The molecule has 0 aromatic carbocycles. The normalized spacial score (nSPS) is 13.3. The molecular weight excluding hydrogens is 1030 g/mol. The second-order valence-corrected chi connectivity index (χ2v) is 15.4. The maximum Gasteiger partial charge on any atom is 0.585 e. The van der Waals surface area contributed by atoms with Gasteiger partial charge in [-0.1, -0.05) is 16.8 Å². The lowest BCUT2D eigenvalue weighted by Gasteiger charge is -2.28. The van der Waals surface area contributed by atoms with Crippen molar-refractivity contribution in [3.05, 3.63) is 44.9 Å². The summed E-state index contributed by atoms with van der Waals surface area (Å²) in [7, 11) is 3.60. The number of nitrogens with two attached hydrogens (primary N) is 2. The second kappa shape index (κ2) is 26.9. The largest absolute Gasteiger partial charge is 0.585 e. The zero-order valence-corrected chi connectivity index (χ0v) is 40.8. The number of anilines is 8. The van der Waals surface area contributed by atoms with E-state index in [1.165, 1.54) is 39.4 Å². The summed E-state index contributed by atoms with van der Waals surface area (Å²) in [6, 6.07) is 0. The van der Waals surface area contributed by atoms with Crippen LogP contribution in [-0.2, 0) is 19.3 Å². The van der Waals surface area contributed by atoms with E-state index >= 15 is 0 Å². The summed E-state index contributed by atoms with van der Waals surface area (Å²) < 4.78 is 0. The summed E-state index contributed by atoms with van der Waals surface area (Å²) in [4.78, 5) is 31.5. The summed E-state index contributed by atoms with van der Waals surface area (Å²) in [6.45, 7) is 6.03. The van der Waals surface area contributed by atoms with E-state index in [2.05, 4.69) is 216 Å². The first-order valence-electron chi connectivity index (χ1n) is 22.7. The summed E-state index contributed by atoms with van der Waals surface area (Å²) in [6.07, 6.45) is 4.95. The highest BCUT2D eigenvalue weighted by molar-refractivity contribution is 5.44. The number of piperidine rings is 1. The lowest BCUT2D eigenvalue weighted by molar-refractivity contribution is 0.150. The smallest absolute Gasteiger partial charge is 0.368 e. The van der Waals surface area contributed by atoms with Gasteiger partial charge in [-0.3, -0.25) is 31.2 Å². The van der Waals surface area contributed by atoms with Gasteiger partial charge in [0.2, 0.25) is 17.7 Å². The molecule has 2 aliphatic rings. The number of H-pyrrole nitrogens is 6. The zero-order chi connectivity index (χ0) is 54.3. The van der Waals surface area contributed by atoms with Gasteiger partial charge in [0.1, 0.15) is 11.6 Å². The number of piperazine rings is 1. The number of nitrogens with zero attached hydrogens (tertiary/aromatic N) is 34. The molecular formula is C32H44N46+2. The van der Waals surface area contributed by atoms with Gasteiger partial charge in [0, 0.05) is 30.3 Å². The minimum atomic E-state index is -0.143. The molecule has 400 valence electrons. The highest BCUT2D eigenvalue weighted by atomic mass is 15.6. The van der Waals surface area contributed by atoms with Crippen LogP contribution in [0.5, 0.6) is 0 Å². The number of azo groups is 1. The van der Waals surface area contributed by atoms with Crippen LogP contribution < -0.4 is 32.7 Å². The number of rotatable bonds is 15. The number of nitrogens with one attached hydrogen (secondary N) is 10. The van der Waals surface area contributed by atoms with Crippen molar-refractivity contribution < 1.29 is 0 Å². The molecule has 0 aliphatic carbocycles. The molecule has 11 rings (SSSR count). The molecule has 0 saturated carbocycles. The second-order valence-electron chi connectivity index (χ2n) is 15.4. The fourth-order valence-corrected chi connectivity index (χ4v) is 6.00. The molecule has 0 amide bonds. The molecule has 2 saturated heterocycles. The van der Waals surface area contributed by atoms with Gasteiger partial charge in [0.25, 0.3) is 41.6 Å². The van der Waals surface area contributed by atoms with Crippen molar-refractivity contribution in [2.75, 3.05) is 80.8 Å². The number of aromatic nitrogens is 30. The van der Waals surface area contributed by atoms with E-state index in [1.54, 1.807) is 0 Å². The summed E-state index contributed by atoms with van der Waals surface area (Å²) in [5.74, 6) is 3.96. The summed E-state index contributed by atoms with van der Waals surface area (Å²) in [5, 5.41) is 130. The van der Waals surface area contributed by atoms with Gasteiger partial charge < -0.3 is 21.7 Å². The van der Waals surface area contributed by atoms with Crippen molar-refractivity contribution in [1.29, 1.82) is 10.8 Å². The SMILES string of the molecule is C1CCNCC1.CN=Nc1nc(Nc2nnc(Cc3nc(N=NN4CCN(C)CC4)n[nH]3)nn2)n[nH]1.N#[N+]c1n[nH]c(Cc2nnc(Nc3nc([N+]#N)n[nH]3)nn2)n1.Nc1n[nH]c(Cc2nnc(Nc3n[nH]c(N)n3)nn2)n1. The summed E-state index contributed by atoms with van der Waals surface area (Å²) in [5.41, 5.74) is 10.8. The maximum atomic E-state index is 8.49. The molecule has 0 radical (unpaired) electrons. The van der Waals surface area contributed by atoms with Crippen LogP contribution >= 0.6 is 0 Å². The maximum absolute atomic E-state index is 8.49. The molecule has 78 heavy (non-hydrogen) atoms. The third-order valence-corrected chi connectivity index (χ3v) is 9.57. The lowest BCUT2D eigenvalue weighted by atomic mass is 10.2. The van der Waals surface area contributed by atoms with Gasteiger partial charge in [-0.25, -0.2) is 10.2 Å². The van der Waals surface area contributed by atoms with E-state index in [-0.39, 0.29) is 96.5 Å². The van der Waals surface area contributed by atoms with E-state index in [9.17, 15) is 0 Å². The van der Waals surface area contributed by atoms with Crippen LogP contribution in [0.15, 0.2) is 20.6 Å². The molecule has 14 N–H and O–H groups in total. The van der Waals surface area contributed by atoms with E-state index in [1.807, 2.05) is 5.01 Å². The van der Waals surface area contributed by atoms with Gasteiger partial charge >= 0.3 is 17.8 Å². The molecule has 9 aromatic rings. The van der Waals surface area contributed by atoms with Gasteiger partial charge in [-0.05, 0) is 52.9 Å². The molecule has 0 spiro atoms. The third kappa shape index (κ3) is 16.7. The van der Waals surface area contributed by atoms with E-state index < -0.39 is 0 Å². The monoisotopic (exact) mass is 1070 g/mol. The Hall–Kier alpha value is -11.6. The average molecular weight is 1070 g/mol. The van der Waals surface area contributed by atoms with Crippen molar-refractivity contribution in [2.45, 2.75) is 38.5 Å². The molecule has 9 aromatic heterocycles. The van der Waals surface area contributed by atoms with Gasteiger partial charge in [-0.2, -0.15) is 35.2 Å². The standard InChI is InChI=1S/C13H19N17.C7H4N15.C7H9N13.C5H11N/c1-14-21-12-16-10(22-26-12)17-13-24-19-9(20-25-13)7-8-15-11(23-18-8)27-28-30-5-3-29(2)4-6-30;8-13-5-10-2(15-19-5)1-3-16-21-7(22-17-3)12-4-11-6(14-9)20-18-4;8-4-10-2(13-16-4)1-3-14-19-7(20-15-3)12-6-11-5(9)17-18-6;1-2-4-6-5-3-1/h3-7H2,1-2H3,(H,15,18,23)(H2,16,17,22,24,25,26);8H,1H2,(H,10,15,19);1H2,(H3,8,10,13,16)(H4,9,11,12,17,18,19,20);6H,1-5H2/q;+1;;/p+1. The Morgan fingerprint density at radius 1 is 0.526 bits per heavy atom. The Labute approximate surface area is 433 Å². The third-order valence-electron chi connectivity index (χ3n) is 9.57. The van der Waals surface area contributed by atoms with Crippen LogP contribution in [0.4, 0.5) is 71.4 Å². The van der Waals surface area contributed by atoms with E-state index in [4.69, 9.17) is 22.3 Å². The fourth-order valence-electron chi connectivity index (χ4n) is 6.00. The highest BCUT2D eigenvalue weighted by Crippen LogP contribution is 2.14. The highest BCUT2D eigenvalue weighted by Gasteiger charge is 2.19. The van der Waals surface area contributed by atoms with Crippen molar-refractivity contribution in [3.8, 4) is 0 Å². The zero-order valence-electron chi connectivity index (χ0n) is 40.8. The Morgan fingerprint density at radius 2 is 1.06 bits per heavy atom. The molecule has 11 heterocycles. The van der Waals surface area contributed by atoms with Gasteiger partial charge in [0.05, 0.1) is 43.1 Å². The number of aromatic amines is 6. The lowest BCUT2D eigenvalue weighted by Crippen LogP contribution is -2.41. The van der Waals surface area contributed by atoms with Crippen molar-refractivity contribution >= 4 is 71.4 Å². The number of hydrogen-bond donors (Lipinski definition) is 12. The minimum absolute atomic E-state index is 0.0630.